The standard InChI is InChI=1S/C9H14N2OS/c1-7-5-11(9(10)13-7)6-8-3-2-4-12-8/h5,8,10H,2-4,6H2,1H3. The number of aromatic nitrogens is 1. The van der Waals surface area contributed by atoms with Crippen LogP contribution in [0.15, 0.2) is 6.20 Å². The van der Waals surface area contributed by atoms with E-state index >= 15 is 0 Å². The zero-order chi connectivity index (χ0) is 9.26. The molecule has 1 aliphatic heterocycles. The van der Waals surface area contributed by atoms with Crippen molar-refractivity contribution >= 4 is 11.3 Å². The fourth-order valence-corrected chi connectivity index (χ4v) is 2.39. The predicted molar refractivity (Wildman–Crippen MR) is 51.9 cm³/mol. The van der Waals surface area contributed by atoms with Gasteiger partial charge in [-0.05, 0) is 19.8 Å². The quantitative estimate of drug-likeness (QED) is 0.768. The molecule has 4 heteroatoms. The highest BCUT2D eigenvalue weighted by atomic mass is 32.1. The van der Waals surface area contributed by atoms with E-state index in [4.69, 9.17) is 10.1 Å². The molecule has 0 spiro atoms. The molecule has 1 fully saturated rings. The molecule has 0 aromatic carbocycles. The summed E-state index contributed by atoms with van der Waals surface area (Å²) in [4.78, 5) is 1.83. The molecule has 3 nitrogen and oxygen atoms in total. The van der Waals surface area contributed by atoms with E-state index in [9.17, 15) is 0 Å². The minimum Gasteiger partial charge on any atom is -0.376 e. The molecule has 13 heavy (non-hydrogen) atoms. The van der Waals surface area contributed by atoms with Crippen LogP contribution in [-0.4, -0.2) is 17.3 Å². The second-order valence-corrected chi connectivity index (χ2v) is 4.67. The summed E-state index contributed by atoms with van der Waals surface area (Å²) < 4.78 is 7.50. The number of nitrogens with zero attached hydrogens (tertiary/aromatic N) is 1. The Labute approximate surface area is 81.5 Å². The van der Waals surface area contributed by atoms with Crippen LogP contribution in [0.3, 0.4) is 0 Å². The Balaban J connectivity index is 2.08. The zero-order valence-electron chi connectivity index (χ0n) is 7.75. The summed E-state index contributed by atoms with van der Waals surface area (Å²) in [6, 6.07) is 0. The van der Waals surface area contributed by atoms with Gasteiger partial charge in [0.2, 0.25) is 0 Å². The largest absolute Gasteiger partial charge is 0.376 e. The first kappa shape index (κ1) is 8.97. The van der Waals surface area contributed by atoms with Gasteiger partial charge in [0, 0.05) is 17.7 Å². The van der Waals surface area contributed by atoms with Crippen LogP contribution in [0.1, 0.15) is 17.7 Å². The highest BCUT2D eigenvalue weighted by molar-refractivity contribution is 7.09. The van der Waals surface area contributed by atoms with Crippen molar-refractivity contribution in [2.24, 2.45) is 0 Å². The molecule has 2 heterocycles. The molecule has 1 aromatic rings. The first-order chi connectivity index (χ1) is 6.25. The van der Waals surface area contributed by atoms with E-state index in [1.54, 1.807) is 0 Å². The fraction of sp³-hybridized carbons (Fsp3) is 0.667. The van der Waals surface area contributed by atoms with Crippen molar-refractivity contribution in [2.45, 2.75) is 32.4 Å². The smallest absolute Gasteiger partial charge is 0.182 e. The van der Waals surface area contributed by atoms with Crippen molar-refractivity contribution in [3.8, 4) is 0 Å². The van der Waals surface area contributed by atoms with Gasteiger partial charge in [0.25, 0.3) is 0 Å². The molecule has 0 amide bonds. The first-order valence-corrected chi connectivity index (χ1v) is 5.40. The lowest BCUT2D eigenvalue weighted by Crippen LogP contribution is -2.21. The summed E-state index contributed by atoms with van der Waals surface area (Å²) in [6.07, 6.45) is 4.68. The van der Waals surface area contributed by atoms with E-state index in [2.05, 4.69) is 0 Å². The Morgan fingerprint density at radius 3 is 3.15 bits per heavy atom. The van der Waals surface area contributed by atoms with E-state index in [0.717, 1.165) is 19.6 Å². The molecule has 0 bridgehead atoms. The monoisotopic (exact) mass is 198 g/mol. The van der Waals surface area contributed by atoms with Gasteiger partial charge in [0.1, 0.15) is 0 Å². The Morgan fingerprint density at radius 1 is 1.77 bits per heavy atom. The van der Waals surface area contributed by atoms with Crippen LogP contribution in [0, 0.1) is 12.3 Å². The van der Waals surface area contributed by atoms with Gasteiger partial charge in [-0.25, -0.2) is 0 Å². The minimum atomic E-state index is 0.336. The van der Waals surface area contributed by atoms with E-state index in [0.29, 0.717) is 10.9 Å². The van der Waals surface area contributed by atoms with Crippen LogP contribution in [0.4, 0.5) is 0 Å². The molecule has 1 N–H and O–H groups in total. The number of rotatable bonds is 2. The lowest BCUT2D eigenvalue weighted by atomic mass is 10.2. The number of hydrogen-bond donors (Lipinski definition) is 1. The van der Waals surface area contributed by atoms with Crippen LogP contribution in [0.2, 0.25) is 0 Å². The molecule has 1 atom stereocenters. The van der Waals surface area contributed by atoms with Crippen molar-refractivity contribution < 1.29 is 4.74 Å². The minimum absolute atomic E-state index is 0.336. The van der Waals surface area contributed by atoms with Crippen LogP contribution in [-0.2, 0) is 11.3 Å². The highest BCUT2D eigenvalue weighted by Gasteiger charge is 2.16. The van der Waals surface area contributed by atoms with Crippen molar-refractivity contribution in [3.63, 3.8) is 0 Å². The number of hydrogen-bond acceptors (Lipinski definition) is 3. The molecule has 1 aliphatic rings. The maximum atomic E-state index is 7.68. The van der Waals surface area contributed by atoms with Gasteiger partial charge in [-0.1, -0.05) is 0 Å². The zero-order valence-corrected chi connectivity index (χ0v) is 8.56. The molecule has 1 aromatic heterocycles. The second-order valence-electron chi connectivity index (χ2n) is 3.43. The summed E-state index contributed by atoms with van der Waals surface area (Å²) in [6.45, 7) is 3.78. The molecule has 1 saturated heterocycles. The van der Waals surface area contributed by atoms with Gasteiger partial charge in [0.15, 0.2) is 4.80 Å². The van der Waals surface area contributed by atoms with Gasteiger partial charge in [-0.3, -0.25) is 5.41 Å². The van der Waals surface area contributed by atoms with Crippen LogP contribution in [0.5, 0.6) is 0 Å². The predicted octanol–water partition coefficient (Wildman–Crippen LogP) is 1.52. The molecule has 2 rings (SSSR count). The lowest BCUT2D eigenvalue weighted by Gasteiger charge is -2.09. The Hall–Kier alpha value is -0.610. The Morgan fingerprint density at radius 2 is 2.62 bits per heavy atom. The van der Waals surface area contributed by atoms with E-state index in [-0.39, 0.29) is 0 Å². The first-order valence-electron chi connectivity index (χ1n) is 4.59. The molecule has 1 unspecified atom stereocenters. The summed E-state index contributed by atoms with van der Waals surface area (Å²) in [5.74, 6) is 0. The summed E-state index contributed by atoms with van der Waals surface area (Å²) >= 11 is 1.53. The van der Waals surface area contributed by atoms with Crippen LogP contribution in [0.25, 0.3) is 0 Å². The van der Waals surface area contributed by atoms with Gasteiger partial charge < -0.3 is 9.30 Å². The number of nitrogens with one attached hydrogen (secondary N) is 1. The SMILES string of the molecule is Cc1cn(CC2CCCO2)c(=N)s1. The molecular weight excluding hydrogens is 184 g/mol. The average Bonchev–Trinajstić information content (AvgIpc) is 2.63. The van der Waals surface area contributed by atoms with E-state index in [1.807, 2.05) is 17.7 Å². The van der Waals surface area contributed by atoms with Crippen molar-refractivity contribution in [2.75, 3.05) is 6.61 Å². The third kappa shape index (κ3) is 2.00. The summed E-state index contributed by atoms with van der Waals surface area (Å²) in [5, 5.41) is 7.68. The Bertz CT molecular complexity index is 336. The van der Waals surface area contributed by atoms with Gasteiger partial charge >= 0.3 is 0 Å². The molecule has 0 radical (unpaired) electrons. The number of ether oxygens (including phenoxy) is 1. The number of aryl methyl sites for hydroxylation is 1. The third-order valence-electron chi connectivity index (χ3n) is 2.28. The van der Waals surface area contributed by atoms with E-state index < -0.39 is 0 Å². The van der Waals surface area contributed by atoms with Crippen molar-refractivity contribution in [1.82, 2.24) is 4.57 Å². The topological polar surface area (TPSA) is 38.0 Å². The maximum absolute atomic E-state index is 7.68. The van der Waals surface area contributed by atoms with Gasteiger partial charge in [-0.2, -0.15) is 0 Å². The third-order valence-corrected chi connectivity index (χ3v) is 3.14. The summed E-state index contributed by atoms with van der Waals surface area (Å²) in [7, 11) is 0. The molecule has 0 aliphatic carbocycles. The highest BCUT2D eigenvalue weighted by Crippen LogP contribution is 2.14. The number of thiazole rings is 1. The lowest BCUT2D eigenvalue weighted by molar-refractivity contribution is 0.0962. The molecule has 72 valence electrons. The maximum Gasteiger partial charge on any atom is 0.182 e. The molecule has 0 saturated carbocycles. The van der Waals surface area contributed by atoms with Crippen LogP contribution < -0.4 is 4.80 Å². The van der Waals surface area contributed by atoms with E-state index in [1.165, 1.54) is 22.6 Å². The summed E-state index contributed by atoms with van der Waals surface area (Å²) in [5.41, 5.74) is 0. The fourth-order valence-electron chi connectivity index (χ4n) is 1.66. The van der Waals surface area contributed by atoms with Gasteiger partial charge in [0.05, 0.1) is 12.6 Å². The second kappa shape index (κ2) is 3.64. The van der Waals surface area contributed by atoms with Crippen molar-refractivity contribution in [1.29, 1.82) is 5.41 Å². The van der Waals surface area contributed by atoms with Gasteiger partial charge in [-0.15, -0.1) is 11.3 Å². The van der Waals surface area contributed by atoms with Crippen molar-refractivity contribution in [3.05, 3.63) is 15.9 Å². The van der Waals surface area contributed by atoms with Crippen LogP contribution >= 0.6 is 11.3 Å². The Kier molecular flexibility index (Phi) is 2.51. The molecular formula is C9H14N2OS. The average molecular weight is 198 g/mol. The normalized spacial score (nSPS) is 22.4.